The lowest BCUT2D eigenvalue weighted by molar-refractivity contribution is -0.141. The Balaban J connectivity index is 2.60. The summed E-state index contributed by atoms with van der Waals surface area (Å²) in [6, 6.07) is -2.23. The maximum Gasteiger partial charge on any atom is 0.326 e. The normalized spacial score (nSPS) is 20.5. The van der Waals surface area contributed by atoms with Gasteiger partial charge in [-0.2, -0.15) is 0 Å². The number of hydrogen-bond donors (Lipinski definition) is 4. The highest BCUT2D eigenvalue weighted by atomic mass is 16.4. The molecule has 1 saturated heterocycles. The summed E-state index contributed by atoms with van der Waals surface area (Å²) in [5.74, 6) is -2.12. The smallest absolute Gasteiger partial charge is 0.326 e. The van der Waals surface area contributed by atoms with E-state index in [0.29, 0.717) is 13.0 Å². The SMILES string of the molecule is NC(=O)C[C@@H](NC(=O)N1CCCC1CO)C(=O)O. The average molecular weight is 259 g/mol. The number of primary amides is 1. The number of carboxylic acid groups (broad SMARTS) is 1. The predicted octanol–water partition coefficient (Wildman–Crippen LogP) is -1.52. The summed E-state index contributed by atoms with van der Waals surface area (Å²) in [6.07, 6.45) is 0.975. The molecular formula is C10H17N3O5. The van der Waals surface area contributed by atoms with E-state index < -0.39 is 30.4 Å². The van der Waals surface area contributed by atoms with Crippen LogP contribution in [-0.2, 0) is 9.59 Å². The minimum atomic E-state index is -1.34. The van der Waals surface area contributed by atoms with Crippen LogP contribution in [0, 0.1) is 0 Å². The minimum absolute atomic E-state index is 0.166. The molecular weight excluding hydrogens is 242 g/mol. The van der Waals surface area contributed by atoms with Gasteiger partial charge in [-0.05, 0) is 12.8 Å². The van der Waals surface area contributed by atoms with Gasteiger partial charge in [0, 0.05) is 6.54 Å². The first-order valence-electron chi connectivity index (χ1n) is 5.64. The number of hydrogen-bond acceptors (Lipinski definition) is 4. The fraction of sp³-hybridized carbons (Fsp3) is 0.700. The molecule has 1 unspecified atom stereocenters. The molecule has 1 rings (SSSR count). The van der Waals surface area contributed by atoms with Crippen molar-refractivity contribution < 1.29 is 24.6 Å². The number of urea groups is 1. The molecule has 1 aliphatic rings. The lowest BCUT2D eigenvalue weighted by atomic mass is 10.2. The Morgan fingerprint density at radius 2 is 2.11 bits per heavy atom. The number of rotatable bonds is 5. The van der Waals surface area contributed by atoms with Crippen LogP contribution >= 0.6 is 0 Å². The standard InChI is InChI=1S/C10H17N3O5/c11-8(15)4-7(9(16)17)12-10(18)13-3-1-2-6(13)5-14/h6-7,14H,1-5H2,(H2,11,15)(H,12,18)(H,16,17)/t6?,7-/m1/s1. The second-order valence-corrected chi connectivity index (χ2v) is 4.18. The molecule has 0 saturated carbocycles. The molecule has 5 N–H and O–H groups in total. The maximum atomic E-state index is 11.8. The van der Waals surface area contributed by atoms with Crippen LogP contribution in [0.1, 0.15) is 19.3 Å². The molecule has 0 spiro atoms. The van der Waals surface area contributed by atoms with E-state index in [1.54, 1.807) is 0 Å². The molecule has 3 amide bonds. The Morgan fingerprint density at radius 3 is 2.61 bits per heavy atom. The molecule has 2 atom stereocenters. The van der Waals surface area contributed by atoms with Gasteiger partial charge in [-0.25, -0.2) is 9.59 Å². The molecule has 0 aromatic heterocycles. The Kier molecular flexibility index (Phi) is 4.90. The fourth-order valence-corrected chi connectivity index (χ4v) is 1.93. The van der Waals surface area contributed by atoms with Crippen molar-refractivity contribution in [2.24, 2.45) is 5.73 Å². The third kappa shape index (κ3) is 3.59. The Hall–Kier alpha value is -1.83. The van der Waals surface area contributed by atoms with Crippen molar-refractivity contribution in [1.82, 2.24) is 10.2 Å². The lowest BCUT2D eigenvalue weighted by Gasteiger charge is -2.25. The number of amides is 3. The summed E-state index contributed by atoms with van der Waals surface area (Å²) >= 11 is 0. The summed E-state index contributed by atoms with van der Waals surface area (Å²) in [5, 5.41) is 20.1. The van der Waals surface area contributed by atoms with Gasteiger partial charge in [-0.3, -0.25) is 4.79 Å². The number of carbonyl (C=O) groups is 3. The number of carboxylic acids is 1. The Bertz CT molecular complexity index is 346. The molecule has 1 fully saturated rings. The highest BCUT2D eigenvalue weighted by Crippen LogP contribution is 2.16. The van der Waals surface area contributed by atoms with Crippen LogP contribution in [0.4, 0.5) is 4.79 Å². The van der Waals surface area contributed by atoms with Crippen molar-refractivity contribution in [1.29, 1.82) is 0 Å². The molecule has 8 heteroatoms. The van der Waals surface area contributed by atoms with Gasteiger partial charge in [0.25, 0.3) is 0 Å². The van der Waals surface area contributed by atoms with Crippen molar-refractivity contribution in [3.05, 3.63) is 0 Å². The summed E-state index contributed by atoms with van der Waals surface area (Å²) in [6.45, 7) is 0.293. The first-order chi connectivity index (χ1) is 8.45. The molecule has 18 heavy (non-hydrogen) atoms. The second kappa shape index (κ2) is 6.20. The number of aliphatic hydroxyl groups is 1. The molecule has 8 nitrogen and oxygen atoms in total. The summed E-state index contributed by atoms with van der Waals surface area (Å²) < 4.78 is 0. The number of nitrogens with zero attached hydrogens (tertiary/aromatic N) is 1. The average Bonchev–Trinajstić information content (AvgIpc) is 2.75. The molecule has 0 bridgehead atoms. The van der Waals surface area contributed by atoms with Crippen LogP contribution in [-0.4, -0.2) is 58.3 Å². The van der Waals surface area contributed by atoms with Crippen LogP contribution in [0.25, 0.3) is 0 Å². The molecule has 0 aromatic carbocycles. The summed E-state index contributed by atoms with van der Waals surface area (Å²) in [7, 11) is 0. The van der Waals surface area contributed by atoms with E-state index >= 15 is 0 Å². The number of nitrogens with one attached hydrogen (secondary N) is 1. The van der Waals surface area contributed by atoms with Gasteiger partial charge < -0.3 is 26.2 Å². The molecule has 1 heterocycles. The van der Waals surface area contributed by atoms with Crippen LogP contribution in [0.2, 0.25) is 0 Å². The number of aliphatic carboxylic acids is 1. The van der Waals surface area contributed by atoms with Crippen LogP contribution in [0.15, 0.2) is 0 Å². The molecule has 1 aliphatic heterocycles. The third-order valence-electron chi connectivity index (χ3n) is 2.85. The van der Waals surface area contributed by atoms with Crippen LogP contribution < -0.4 is 11.1 Å². The highest BCUT2D eigenvalue weighted by Gasteiger charge is 2.31. The largest absolute Gasteiger partial charge is 0.480 e. The predicted molar refractivity (Wildman–Crippen MR) is 60.6 cm³/mol. The lowest BCUT2D eigenvalue weighted by Crippen LogP contribution is -2.51. The maximum absolute atomic E-state index is 11.8. The fourth-order valence-electron chi connectivity index (χ4n) is 1.93. The van der Waals surface area contributed by atoms with E-state index in [9.17, 15) is 14.4 Å². The van der Waals surface area contributed by atoms with Gasteiger partial charge in [0.15, 0.2) is 0 Å². The summed E-state index contributed by atoms with van der Waals surface area (Å²) in [4.78, 5) is 34.7. The van der Waals surface area contributed by atoms with E-state index in [1.807, 2.05) is 0 Å². The zero-order chi connectivity index (χ0) is 13.7. The zero-order valence-corrected chi connectivity index (χ0v) is 9.83. The second-order valence-electron chi connectivity index (χ2n) is 4.18. The van der Waals surface area contributed by atoms with Gasteiger partial charge in [0.2, 0.25) is 5.91 Å². The van der Waals surface area contributed by atoms with Gasteiger partial charge in [0.05, 0.1) is 19.1 Å². The minimum Gasteiger partial charge on any atom is -0.480 e. The molecule has 102 valence electrons. The monoisotopic (exact) mass is 259 g/mol. The zero-order valence-electron chi connectivity index (χ0n) is 9.83. The number of aliphatic hydroxyl groups excluding tert-OH is 1. The van der Waals surface area contributed by atoms with Gasteiger partial charge >= 0.3 is 12.0 Å². The van der Waals surface area contributed by atoms with E-state index in [1.165, 1.54) is 4.90 Å². The van der Waals surface area contributed by atoms with Crippen molar-refractivity contribution in [3.63, 3.8) is 0 Å². The molecule has 0 aromatic rings. The van der Waals surface area contributed by atoms with Crippen molar-refractivity contribution in [2.75, 3.05) is 13.2 Å². The van der Waals surface area contributed by atoms with E-state index in [-0.39, 0.29) is 12.6 Å². The molecule has 0 aliphatic carbocycles. The van der Waals surface area contributed by atoms with Gasteiger partial charge in [-0.15, -0.1) is 0 Å². The number of carbonyl (C=O) groups excluding carboxylic acids is 2. The van der Waals surface area contributed by atoms with Crippen molar-refractivity contribution in [3.8, 4) is 0 Å². The highest BCUT2D eigenvalue weighted by molar-refractivity contribution is 5.87. The quantitative estimate of drug-likeness (QED) is 0.476. The van der Waals surface area contributed by atoms with E-state index in [0.717, 1.165) is 6.42 Å². The van der Waals surface area contributed by atoms with E-state index in [2.05, 4.69) is 5.32 Å². The van der Waals surface area contributed by atoms with Gasteiger partial charge in [0.1, 0.15) is 6.04 Å². The van der Waals surface area contributed by atoms with Gasteiger partial charge in [-0.1, -0.05) is 0 Å². The van der Waals surface area contributed by atoms with Crippen molar-refractivity contribution >= 4 is 17.9 Å². The molecule has 0 radical (unpaired) electrons. The number of likely N-dealkylation sites (tertiary alicyclic amines) is 1. The first-order valence-corrected chi connectivity index (χ1v) is 5.64. The summed E-state index contributed by atoms with van der Waals surface area (Å²) in [5.41, 5.74) is 4.91. The third-order valence-corrected chi connectivity index (χ3v) is 2.85. The number of nitrogens with two attached hydrogens (primary N) is 1. The topological polar surface area (TPSA) is 133 Å². The first kappa shape index (κ1) is 14.2. The van der Waals surface area contributed by atoms with Crippen LogP contribution in [0.3, 0.4) is 0 Å². The van der Waals surface area contributed by atoms with Crippen LogP contribution in [0.5, 0.6) is 0 Å². The van der Waals surface area contributed by atoms with Crippen molar-refractivity contribution in [2.45, 2.75) is 31.3 Å². The van der Waals surface area contributed by atoms with E-state index in [4.69, 9.17) is 15.9 Å². The Labute approximate surface area is 104 Å². The Morgan fingerprint density at radius 1 is 1.44 bits per heavy atom.